The molecular formula is C11H14N2O4S. The Morgan fingerprint density at radius 2 is 2.17 bits per heavy atom. The van der Waals surface area contributed by atoms with E-state index in [1.165, 1.54) is 25.3 Å². The number of rotatable bonds is 5. The summed E-state index contributed by atoms with van der Waals surface area (Å²) in [4.78, 5) is 35.4. The Kier molecular flexibility index (Phi) is 4.85. The van der Waals surface area contributed by atoms with Crippen molar-refractivity contribution < 1.29 is 19.5 Å². The molecule has 1 rings (SSSR count). The van der Waals surface area contributed by atoms with Crippen molar-refractivity contribution in [3.05, 3.63) is 22.4 Å². The van der Waals surface area contributed by atoms with Crippen LogP contribution in [0.1, 0.15) is 16.6 Å². The molecule has 0 bridgehead atoms. The van der Waals surface area contributed by atoms with Crippen molar-refractivity contribution in [1.82, 2.24) is 10.2 Å². The Labute approximate surface area is 108 Å². The van der Waals surface area contributed by atoms with Crippen LogP contribution in [0.5, 0.6) is 0 Å². The highest BCUT2D eigenvalue weighted by atomic mass is 32.1. The minimum Gasteiger partial charge on any atom is -0.480 e. The number of thiophene rings is 1. The molecule has 0 aliphatic rings. The van der Waals surface area contributed by atoms with Crippen molar-refractivity contribution in [2.45, 2.75) is 13.0 Å². The van der Waals surface area contributed by atoms with Crippen LogP contribution in [-0.4, -0.2) is 47.4 Å². The molecule has 0 aromatic carbocycles. The predicted octanol–water partition coefficient (Wildman–Crippen LogP) is 0.409. The van der Waals surface area contributed by atoms with E-state index in [0.717, 1.165) is 4.90 Å². The molecule has 18 heavy (non-hydrogen) atoms. The van der Waals surface area contributed by atoms with Gasteiger partial charge in [-0.1, -0.05) is 6.07 Å². The Morgan fingerprint density at radius 1 is 1.50 bits per heavy atom. The summed E-state index contributed by atoms with van der Waals surface area (Å²) in [6.45, 7) is 1.13. The Hall–Kier alpha value is -1.89. The third kappa shape index (κ3) is 3.85. The van der Waals surface area contributed by atoms with Gasteiger partial charge in [-0.2, -0.15) is 0 Å². The van der Waals surface area contributed by atoms with E-state index in [-0.39, 0.29) is 5.91 Å². The van der Waals surface area contributed by atoms with Gasteiger partial charge in [-0.15, -0.1) is 11.3 Å². The quantitative estimate of drug-likeness (QED) is 0.811. The maximum Gasteiger partial charge on any atom is 0.323 e. The number of hydrogen-bond acceptors (Lipinski definition) is 4. The van der Waals surface area contributed by atoms with Gasteiger partial charge in [0.15, 0.2) is 0 Å². The van der Waals surface area contributed by atoms with Gasteiger partial charge >= 0.3 is 5.97 Å². The standard InChI is InChI=1S/C11H14N2O4S/c1-7(11(17)13(2)6-9(14)15)12-10(16)8-4-3-5-18-8/h3-5,7H,6H2,1-2H3,(H,12,16)(H,14,15). The topological polar surface area (TPSA) is 86.7 Å². The fourth-order valence-electron chi connectivity index (χ4n) is 1.35. The van der Waals surface area contributed by atoms with Gasteiger partial charge in [0.05, 0.1) is 4.88 Å². The number of likely N-dealkylation sites (N-methyl/N-ethyl adjacent to an activating group) is 1. The van der Waals surface area contributed by atoms with Crippen LogP contribution in [0.25, 0.3) is 0 Å². The number of nitrogens with one attached hydrogen (secondary N) is 1. The van der Waals surface area contributed by atoms with E-state index in [2.05, 4.69) is 5.32 Å². The minimum atomic E-state index is -1.09. The van der Waals surface area contributed by atoms with E-state index in [1.807, 2.05) is 0 Å². The van der Waals surface area contributed by atoms with Crippen LogP contribution in [0, 0.1) is 0 Å². The zero-order valence-corrected chi connectivity index (χ0v) is 10.9. The van der Waals surface area contributed by atoms with Crippen LogP contribution in [0.3, 0.4) is 0 Å². The van der Waals surface area contributed by atoms with Crippen LogP contribution in [0.15, 0.2) is 17.5 Å². The molecule has 2 amide bonds. The molecule has 0 spiro atoms. The molecule has 1 unspecified atom stereocenters. The first-order chi connectivity index (χ1) is 8.41. The molecule has 0 radical (unpaired) electrons. The minimum absolute atomic E-state index is 0.338. The molecule has 0 fully saturated rings. The van der Waals surface area contributed by atoms with Gasteiger partial charge in [0.25, 0.3) is 5.91 Å². The lowest BCUT2D eigenvalue weighted by Crippen LogP contribution is -2.46. The molecular weight excluding hydrogens is 256 g/mol. The van der Waals surface area contributed by atoms with E-state index in [9.17, 15) is 14.4 Å². The van der Waals surface area contributed by atoms with Crippen LogP contribution < -0.4 is 5.32 Å². The summed E-state index contributed by atoms with van der Waals surface area (Å²) < 4.78 is 0. The number of hydrogen-bond donors (Lipinski definition) is 2. The van der Waals surface area contributed by atoms with E-state index >= 15 is 0 Å². The van der Waals surface area contributed by atoms with Crippen molar-refractivity contribution >= 4 is 29.1 Å². The van der Waals surface area contributed by atoms with Gasteiger partial charge in [0.2, 0.25) is 5.91 Å². The number of nitrogens with zero attached hydrogens (tertiary/aromatic N) is 1. The molecule has 98 valence electrons. The Morgan fingerprint density at radius 3 is 2.67 bits per heavy atom. The summed E-state index contributed by atoms with van der Waals surface area (Å²) in [7, 11) is 1.38. The van der Waals surface area contributed by atoms with Crippen molar-refractivity contribution in [2.24, 2.45) is 0 Å². The van der Waals surface area contributed by atoms with Crippen molar-refractivity contribution in [3.63, 3.8) is 0 Å². The van der Waals surface area contributed by atoms with E-state index in [0.29, 0.717) is 4.88 Å². The van der Waals surface area contributed by atoms with Crippen LogP contribution in [0.4, 0.5) is 0 Å². The molecule has 0 saturated heterocycles. The molecule has 1 aromatic rings. The van der Waals surface area contributed by atoms with Gasteiger partial charge in [-0.3, -0.25) is 14.4 Å². The smallest absolute Gasteiger partial charge is 0.323 e. The zero-order valence-electron chi connectivity index (χ0n) is 10.0. The molecule has 1 aromatic heterocycles. The number of carboxylic acid groups (broad SMARTS) is 1. The largest absolute Gasteiger partial charge is 0.480 e. The van der Waals surface area contributed by atoms with E-state index in [1.54, 1.807) is 17.5 Å². The molecule has 1 atom stereocenters. The van der Waals surface area contributed by atoms with Gasteiger partial charge in [0, 0.05) is 7.05 Å². The fourth-order valence-corrected chi connectivity index (χ4v) is 1.98. The van der Waals surface area contributed by atoms with Gasteiger partial charge < -0.3 is 15.3 Å². The number of aliphatic carboxylic acids is 1. The molecule has 0 saturated carbocycles. The molecule has 1 heterocycles. The van der Waals surface area contributed by atoms with Crippen molar-refractivity contribution in [3.8, 4) is 0 Å². The molecule has 7 heteroatoms. The van der Waals surface area contributed by atoms with Gasteiger partial charge in [0.1, 0.15) is 12.6 Å². The average Bonchev–Trinajstić information content (AvgIpc) is 2.80. The zero-order chi connectivity index (χ0) is 13.7. The summed E-state index contributed by atoms with van der Waals surface area (Å²) in [5, 5.41) is 12.9. The number of carbonyl (C=O) groups is 3. The summed E-state index contributed by atoms with van der Waals surface area (Å²) in [5.74, 6) is -1.88. The normalized spacial score (nSPS) is 11.7. The first-order valence-electron chi connectivity index (χ1n) is 5.23. The van der Waals surface area contributed by atoms with Crippen molar-refractivity contribution in [2.75, 3.05) is 13.6 Å². The average molecular weight is 270 g/mol. The highest BCUT2D eigenvalue weighted by Gasteiger charge is 2.21. The lowest BCUT2D eigenvalue weighted by Gasteiger charge is -2.20. The van der Waals surface area contributed by atoms with Crippen LogP contribution >= 0.6 is 11.3 Å². The van der Waals surface area contributed by atoms with Gasteiger partial charge in [-0.05, 0) is 18.4 Å². The van der Waals surface area contributed by atoms with Crippen LogP contribution in [0.2, 0.25) is 0 Å². The lowest BCUT2D eigenvalue weighted by molar-refractivity contribution is -0.144. The first kappa shape index (κ1) is 14.2. The summed E-state index contributed by atoms with van der Waals surface area (Å²) >= 11 is 1.27. The number of amides is 2. The molecule has 0 aliphatic carbocycles. The lowest BCUT2D eigenvalue weighted by atomic mass is 10.2. The SMILES string of the molecule is CC(NC(=O)c1cccs1)C(=O)N(C)CC(=O)O. The second-order valence-corrected chi connectivity index (χ2v) is 4.71. The summed E-state index contributed by atoms with van der Waals surface area (Å²) in [6, 6.07) is 2.63. The molecule has 0 aliphatic heterocycles. The monoisotopic (exact) mass is 270 g/mol. The summed E-state index contributed by atoms with van der Waals surface area (Å²) in [5.41, 5.74) is 0. The summed E-state index contributed by atoms with van der Waals surface area (Å²) in [6.07, 6.45) is 0. The highest BCUT2D eigenvalue weighted by molar-refractivity contribution is 7.12. The Balaban J connectivity index is 2.54. The van der Waals surface area contributed by atoms with E-state index in [4.69, 9.17) is 5.11 Å². The van der Waals surface area contributed by atoms with Gasteiger partial charge in [-0.25, -0.2) is 0 Å². The highest BCUT2D eigenvalue weighted by Crippen LogP contribution is 2.08. The number of carboxylic acids is 1. The number of carbonyl (C=O) groups excluding carboxylic acids is 2. The second-order valence-electron chi connectivity index (χ2n) is 3.76. The first-order valence-corrected chi connectivity index (χ1v) is 6.11. The second kappa shape index (κ2) is 6.15. The third-order valence-corrected chi connectivity index (χ3v) is 3.08. The predicted molar refractivity (Wildman–Crippen MR) is 66.5 cm³/mol. The van der Waals surface area contributed by atoms with Crippen molar-refractivity contribution in [1.29, 1.82) is 0 Å². The third-order valence-electron chi connectivity index (χ3n) is 2.21. The van der Waals surface area contributed by atoms with Crippen LogP contribution in [-0.2, 0) is 9.59 Å². The maximum absolute atomic E-state index is 11.7. The fraction of sp³-hybridized carbons (Fsp3) is 0.364. The molecule has 2 N–H and O–H groups in total. The van der Waals surface area contributed by atoms with E-state index < -0.39 is 24.5 Å². The molecule has 6 nitrogen and oxygen atoms in total. The maximum atomic E-state index is 11.7. The Bertz CT molecular complexity index is 444.